The number of aliphatic hydroxyl groups excluding tert-OH is 1. The Balaban J connectivity index is 1.64. The summed E-state index contributed by atoms with van der Waals surface area (Å²) in [7, 11) is 0. The molecule has 1 amide bonds. The molecule has 1 aliphatic rings. The molecule has 4 heteroatoms. The molecule has 0 spiro atoms. The van der Waals surface area contributed by atoms with Crippen LogP contribution in [0.2, 0.25) is 0 Å². The molecule has 17 heavy (non-hydrogen) atoms. The van der Waals surface area contributed by atoms with Gasteiger partial charge in [0.1, 0.15) is 0 Å². The zero-order chi connectivity index (χ0) is 12.1. The molecule has 2 unspecified atom stereocenters. The third kappa shape index (κ3) is 3.60. The summed E-state index contributed by atoms with van der Waals surface area (Å²) in [5.74, 6) is 0.0584. The molecular weight excluding hydrogens is 216 g/mol. The van der Waals surface area contributed by atoms with Gasteiger partial charge in [0.05, 0.1) is 12.1 Å². The molecule has 1 heterocycles. The Morgan fingerprint density at radius 1 is 1.35 bits per heavy atom. The summed E-state index contributed by atoms with van der Waals surface area (Å²) in [6.45, 7) is 0.869. The molecule has 1 saturated carbocycles. The molecule has 0 aromatic carbocycles. The quantitative estimate of drug-likeness (QED) is 0.809. The van der Waals surface area contributed by atoms with E-state index in [-0.39, 0.29) is 18.1 Å². The molecular formula is C13H20N2O2. The van der Waals surface area contributed by atoms with Crippen LogP contribution in [0.5, 0.6) is 0 Å². The van der Waals surface area contributed by atoms with Crippen molar-refractivity contribution in [2.75, 3.05) is 0 Å². The van der Waals surface area contributed by atoms with Gasteiger partial charge in [-0.25, -0.2) is 0 Å². The molecule has 94 valence electrons. The molecule has 1 aromatic rings. The fourth-order valence-electron chi connectivity index (χ4n) is 2.33. The first-order chi connectivity index (χ1) is 8.25. The van der Waals surface area contributed by atoms with Crippen LogP contribution in [-0.2, 0) is 11.3 Å². The normalized spacial score (nSPS) is 23.8. The van der Waals surface area contributed by atoms with Gasteiger partial charge >= 0.3 is 0 Å². The SMILES string of the molecule is O=C(CCCn1cccc1)NC1CCCC1O. The number of hydrogen-bond donors (Lipinski definition) is 2. The first kappa shape index (κ1) is 12.2. The van der Waals surface area contributed by atoms with E-state index in [1.165, 1.54) is 0 Å². The number of carbonyl (C=O) groups is 1. The van der Waals surface area contributed by atoms with Crippen molar-refractivity contribution in [3.8, 4) is 0 Å². The summed E-state index contributed by atoms with van der Waals surface area (Å²) < 4.78 is 2.07. The second-order valence-electron chi connectivity index (χ2n) is 4.70. The number of aliphatic hydroxyl groups is 1. The van der Waals surface area contributed by atoms with Crippen molar-refractivity contribution in [2.24, 2.45) is 0 Å². The van der Waals surface area contributed by atoms with E-state index >= 15 is 0 Å². The molecule has 2 N–H and O–H groups in total. The molecule has 2 atom stereocenters. The number of rotatable bonds is 5. The fraction of sp³-hybridized carbons (Fsp3) is 0.615. The van der Waals surface area contributed by atoms with Crippen molar-refractivity contribution in [2.45, 2.75) is 50.8 Å². The third-order valence-corrected chi connectivity index (χ3v) is 3.31. The van der Waals surface area contributed by atoms with E-state index in [1.807, 2.05) is 24.5 Å². The highest BCUT2D eigenvalue weighted by molar-refractivity contribution is 5.76. The average Bonchev–Trinajstić information content (AvgIpc) is 2.92. The van der Waals surface area contributed by atoms with Crippen LogP contribution in [0.15, 0.2) is 24.5 Å². The molecule has 1 aliphatic carbocycles. The summed E-state index contributed by atoms with van der Waals surface area (Å²) in [5.41, 5.74) is 0. The molecule has 1 fully saturated rings. The highest BCUT2D eigenvalue weighted by Crippen LogP contribution is 2.18. The lowest BCUT2D eigenvalue weighted by Gasteiger charge is -2.16. The van der Waals surface area contributed by atoms with Crippen molar-refractivity contribution in [1.82, 2.24) is 9.88 Å². The topological polar surface area (TPSA) is 54.3 Å². The van der Waals surface area contributed by atoms with E-state index in [0.717, 1.165) is 32.2 Å². The lowest BCUT2D eigenvalue weighted by molar-refractivity contribution is -0.122. The number of nitrogens with zero attached hydrogens (tertiary/aromatic N) is 1. The highest BCUT2D eigenvalue weighted by atomic mass is 16.3. The van der Waals surface area contributed by atoms with Crippen LogP contribution in [0.3, 0.4) is 0 Å². The first-order valence-electron chi connectivity index (χ1n) is 6.34. The Kier molecular flexibility index (Phi) is 4.20. The first-order valence-corrected chi connectivity index (χ1v) is 6.34. The summed E-state index contributed by atoms with van der Waals surface area (Å²) in [5, 5.41) is 12.5. The standard InChI is InChI=1S/C13H20N2O2/c16-12-6-3-5-11(12)14-13(17)7-4-10-15-8-1-2-9-15/h1-2,8-9,11-12,16H,3-7,10H2,(H,14,17). The summed E-state index contributed by atoms with van der Waals surface area (Å²) >= 11 is 0. The Hall–Kier alpha value is -1.29. The van der Waals surface area contributed by atoms with Gasteiger partial charge < -0.3 is 15.0 Å². The van der Waals surface area contributed by atoms with Gasteiger partial charge in [0.2, 0.25) is 5.91 Å². The maximum Gasteiger partial charge on any atom is 0.220 e. The van der Waals surface area contributed by atoms with Gasteiger partial charge in [0.25, 0.3) is 0 Å². The van der Waals surface area contributed by atoms with Crippen LogP contribution < -0.4 is 5.32 Å². The number of amides is 1. The highest BCUT2D eigenvalue weighted by Gasteiger charge is 2.26. The van der Waals surface area contributed by atoms with Crippen molar-refractivity contribution >= 4 is 5.91 Å². The smallest absolute Gasteiger partial charge is 0.220 e. The predicted molar refractivity (Wildman–Crippen MR) is 65.5 cm³/mol. The van der Waals surface area contributed by atoms with Gasteiger partial charge in [-0.1, -0.05) is 0 Å². The minimum absolute atomic E-state index is 0.0194. The lowest BCUT2D eigenvalue weighted by Crippen LogP contribution is -2.39. The monoisotopic (exact) mass is 236 g/mol. The Morgan fingerprint density at radius 3 is 2.76 bits per heavy atom. The minimum Gasteiger partial charge on any atom is -0.391 e. The van der Waals surface area contributed by atoms with Gasteiger partial charge in [-0.15, -0.1) is 0 Å². The molecule has 1 aromatic heterocycles. The zero-order valence-electron chi connectivity index (χ0n) is 10.0. The van der Waals surface area contributed by atoms with Gasteiger partial charge in [-0.3, -0.25) is 4.79 Å². The van der Waals surface area contributed by atoms with E-state index in [0.29, 0.717) is 6.42 Å². The van der Waals surface area contributed by atoms with Crippen LogP contribution in [0.4, 0.5) is 0 Å². The zero-order valence-corrected chi connectivity index (χ0v) is 10.0. The van der Waals surface area contributed by atoms with Gasteiger partial charge in [-0.05, 0) is 37.8 Å². The second-order valence-corrected chi connectivity index (χ2v) is 4.70. The van der Waals surface area contributed by atoms with E-state index < -0.39 is 0 Å². The maximum atomic E-state index is 11.6. The Labute approximate surface area is 102 Å². The minimum atomic E-state index is -0.344. The van der Waals surface area contributed by atoms with Gasteiger partial charge in [0.15, 0.2) is 0 Å². The van der Waals surface area contributed by atoms with E-state index in [9.17, 15) is 9.90 Å². The van der Waals surface area contributed by atoms with E-state index in [4.69, 9.17) is 0 Å². The number of aromatic nitrogens is 1. The van der Waals surface area contributed by atoms with Crippen molar-refractivity contribution in [1.29, 1.82) is 0 Å². The summed E-state index contributed by atoms with van der Waals surface area (Å²) in [6, 6.07) is 3.94. The fourth-order valence-corrected chi connectivity index (χ4v) is 2.33. The maximum absolute atomic E-state index is 11.6. The number of aryl methyl sites for hydroxylation is 1. The molecule has 2 rings (SSSR count). The van der Waals surface area contributed by atoms with Gasteiger partial charge in [-0.2, -0.15) is 0 Å². The van der Waals surface area contributed by atoms with Crippen LogP contribution in [0.1, 0.15) is 32.1 Å². The van der Waals surface area contributed by atoms with Gasteiger partial charge in [0, 0.05) is 25.4 Å². The van der Waals surface area contributed by atoms with Crippen molar-refractivity contribution < 1.29 is 9.90 Å². The van der Waals surface area contributed by atoms with Crippen LogP contribution in [-0.4, -0.2) is 27.7 Å². The van der Waals surface area contributed by atoms with Crippen LogP contribution >= 0.6 is 0 Å². The molecule has 4 nitrogen and oxygen atoms in total. The summed E-state index contributed by atoms with van der Waals surface area (Å²) in [4.78, 5) is 11.6. The average molecular weight is 236 g/mol. The second kappa shape index (κ2) is 5.87. The number of carbonyl (C=O) groups excluding carboxylic acids is 1. The van der Waals surface area contributed by atoms with Crippen LogP contribution in [0.25, 0.3) is 0 Å². The van der Waals surface area contributed by atoms with Crippen molar-refractivity contribution in [3.05, 3.63) is 24.5 Å². The lowest BCUT2D eigenvalue weighted by atomic mass is 10.2. The molecule has 0 saturated heterocycles. The van der Waals surface area contributed by atoms with E-state index in [1.54, 1.807) is 0 Å². The molecule has 0 radical (unpaired) electrons. The van der Waals surface area contributed by atoms with Crippen molar-refractivity contribution in [3.63, 3.8) is 0 Å². The predicted octanol–water partition coefficient (Wildman–Crippen LogP) is 1.30. The summed E-state index contributed by atoms with van der Waals surface area (Å²) in [6.07, 6.45) is 7.75. The largest absolute Gasteiger partial charge is 0.391 e. The number of nitrogens with one attached hydrogen (secondary N) is 1. The Morgan fingerprint density at radius 2 is 2.12 bits per heavy atom. The third-order valence-electron chi connectivity index (χ3n) is 3.31. The van der Waals surface area contributed by atoms with Crippen LogP contribution in [0, 0.1) is 0 Å². The van der Waals surface area contributed by atoms with E-state index in [2.05, 4.69) is 9.88 Å². The molecule has 0 aliphatic heterocycles. The Bertz CT molecular complexity index is 348. The molecule has 0 bridgehead atoms. The number of hydrogen-bond acceptors (Lipinski definition) is 2.